The van der Waals surface area contributed by atoms with Gasteiger partial charge in [0.15, 0.2) is 0 Å². The van der Waals surface area contributed by atoms with E-state index in [1.54, 1.807) is 30.3 Å². The first-order chi connectivity index (χ1) is 9.54. The summed E-state index contributed by atoms with van der Waals surface area (Å²) in [5.41, 5.74) is 1.90. The maximum Gasteiger partial charge on any atom is 0.707 e. The fraction of sp³-hybridized carbons (Fsp3) is 0.143. The molecule has 4 nitrogen and oxygen atoms in total. The van der Waals surface area contributed by atoms with Crippen LogP contribution in [-0.2, 0) is 6.61 Å². The summed E-state index contributed by atoms with van der Waals surface area (Å²) in [7, 11) is -1.81. The Bertz CT molecular complexity index is 572. The van der Waals surface area contributed by atoms with Gasteiger partial charge < -0.3 is 19.4 Å². The molecule has 2 aromatic rings. The molecule has 0 amide bonds. The van der Waals surface area contributed by atoms with Crippen LogP contribution < -0.4 is 9.39 Å². The molecule has 0 aromatic heterocycles. The molecule has 0 radical (unpaired) electrons. The van der Waals surface area contributed by atoms with E-state index in [9.17, 15) is 0 Å². The zero-order valence-corrected chi connectivity index (χ0v) is 11.7. The van der Waals surface area contributed by atoms with Gasteiger partial charge in [-0.25, -0.2) is 0 Å². The monoisotopic (exact) mass is 292 g/mol. The fourth-order valence-corrected chi connectivity index (χ4v) is 1.78. The van der Waals surface area contributed by atoms with Crippen LogP contribution in [-0.4, -0.2) is 17.4 Å². The molecule has 20 heavy (non-hydrogen) atoms. The second-order valence-electron chi connectivity index (χ2n) is 4.29. The lowest BCUT2D eigenvalue weighted by molar-refractivity contribution is 0.287. The van der Waals surface area contributed by atoms with E-state index in [0.717, 1.165) is 16.9 Å². The average molecular weight is 293 g/mol. The van der Waals surface area contributed by atoms with Crippen molar-refractivity contribution in [1.82, 2.24) is 0 Å². The van der Waals surface area contributed by atoms with E-state index in [-0.39, 0.29) is 0 Å². The number of hydrogen-bond acceptors (Lipinski definition) is 4. The Kier molecular flexibility index (Phi) is 4.90. The van der Waals surface area contributed by atoms with Crippen molar-refractivity contribution in [2.75, 3.05) is 0 Å². The van der Waals surface area contributed by atoms with Gasteiger partial charge in [-0.2, -0.15) is 0 Å². The topological polar surface area (TPSA) is 58.9 Å². The number of hydrogen-bond donors (Lipinski definition) is 2. The van der Waals surface area contributed by atoms with Crippen LogP contribution in [0.3, 0.4) is 0 Å². The predicted octanol–water partition coefficient (Wildman–Crippen LogP) is 2.58. The van der Waals surface area contributed by atoms with Crippen LogP contribution in [0.25, 0.3) is 0 Å². The molecule has 0 aliphatic rings. The Morgan fingerprint density at radius 3 is 2.30 bits per heavy atom. The zero-order valence-electron chi connectivity index (χ0n) is 10.9. The van der Waals surface area contributed by atoms with Crippen molar-refractivity contribution in [2.45, 2.75) is 13.5 Å². The van der Waals surface area contributed by atoms with Crippen LogP contribution in [0.4, 0.5) is 0 Å². The normalized spacial score (nSPS) is 10.2. The second-order valence-corrected chi connectivity index (χ2v) is 4.69. The van der Waals surface area contributed by atoms with Gasteiger partial charge in [0.1, 0.15) is 18.1 Å². The second kappa shape index (κ2) is 6.66. The van der Waals surface area contributed by atoms with Crippen molar-refractivity contribution in [3.05, 3.63) is 58.6 Å². The van der Waals surface area contributed by atoms with Gasteiger partial charge in [-0.1, -0.05) is 23.7 Å². The van der Waals surface area contributed by atoms with Crippen molar-refractivity contribution >= 4 is 18.9 Å². The summed E-state index contributed by atoms with van der Waals surface area (Å²) in [6, 6.07) is 12.4. The highest BCUT2D eigenvalue weighted by Gasteiger charge is 2.10. The molecule has 2 N–H and O–H groups in total. The first-order valence-corrected chi connectivity index (χ1v) is 6.43. The molecule has 0 aliphatic carbocycles. The molecule has 104 valence electrons. The minimum Gasteiger partial charge on any atom is -0.512 e. The first kappa shape index (κ1) is 14.7. The van der Waals surface area contributed by atoms with Gasteiger partial charge in [-0.05, 0) is 48.4 Å². The van der Waals surface area contributed by atoms with Gasteiger partial charge in [0, 0.05) is 5.02 Å². The molecule has 0 fully saturated rings. The maximum atomic E-state index is 8.67. The van der Waals surface area contributed by atoms with E-state index in [1.807, 2.05) is 19.1 Å². The third kappa shape index (κ3) is 4.16. The van der Waals surface area contributed by atoms with E-state index in [4.69, 9.17) is 31.0 Å². The Morgan fingerprint density at radius 1 is 1.05 bits per heavy atom. The van der Waals surface area contributed by atoms with Crippen LogP contribution in [0.15, 0.2) is 42.5 Å². The molecule has 0 unspecified atom stereocenters. The van der Waals surface area contributed by atoms with Crippen molar-refractivity contribution in [1.29, 1.82) is 0 Å². The summed E-state index contributed by atoms with van der Waals surface area (Å²) in [5, 5.41) is 18.1. The molecule has 2 rings (SSSR count). The number of rotatable bonds is 5. The predicted molar refractivity (Wildman–Crippen MR) is 77.8 cm³/mol. The van der Waals surface area contributed by atoms with Crippen LogP contribution in [0, 0.1) is 6.92 Å². The summed E-state index contributed by atoms with van der Waals surface area (Å²) in [6.07, 6.45) is 0. The lowest BCUT2D eigenvalue weighted by Crippen LogP contribution is -2.20. The highest BCUT2D eigenvalue weighted by Crippen LogP contribution is 2.22. The van der Waals surface area contributed by atoms with E-state index in [1.165, 1.54) is 0 Å². The molecule has 0 saturated carbocycles. The minimum absolute atomic E-state index is 0.381. The molecule has 0 saturated heterocycles. The van der Waals surface area contributed by atoms with Crippen LogP contribution in [0.2, 0.25) is 5.02 Å². The summed E-state index contributed by atoms with van der Waals surface area (Å²) in [5.74, 6) is 1.13. The smallest absolute Gasteiger partial charge is 0.512 e. The van der Waals surface area contributed by atoms with Crippen LogP contribution in [0.1, 0.15) is 11.1 Å². The molecule has 2 aromatic carbocycles. The average Bonchev–Trinajstić information content (AvgIpc) is 2.41. The lowest BCUT2D eigenvalue weighted by Gasteiger charge is -2.09. The fourth-order valence-electron chi connectivity index (χ4n) is 1.66. The standard InChI is InChI=1S/C14H14BClO4/c1-10-8-13(6-7-14(10)16)19-9-11-2-4-12(5-3-11)20-15(17)18/h2-8,17-18H,9H2,1H3. The van der Waals surface area contributed by atoms with E-state index < -0.39 is 7.32 Å². The third-order valence-corrected chi connectivity index (χ3v) is 3.12. The van der Waals surface area contributed by atoms with Gasteiger partial charge in [0.25, 0.3) is 0 Å². The van der Waals surface area contributed by atoms with E-state index in [0.29, 0.717) is 17.4 Å². The van der Waals surface area contributed by atoms with Crippen molar-refractivity contribution in [3.8, 4) is 11.5 Å². The summed E-state index contributed by atoms with van der Waals surface area (Å²) in [6.45, 7) is 2.32. The third-order valence-electron chi connectivity index (χ3n) is 2.70. The Labute approximate surface area is 122 Å². The molecule has 6 heteroatoms. The molecule has 0 spiro atoms. The van der Waals surface area contributed by atoms with Crippen molar-refractivity contribution < 1.29 is 19.4 Å². The quantitative estimate of drug-likeness (QED) is 0.832. The Balaban J connectivity index is 1.95. The van der Waals surface area contributed by atoms with Crippen LogP contribution in [0.5, 0.6) is 11.5 Å². The van der Waals surface area contributed by atoms with Gasteiger partial charge in [0.05, 0.1) is 0 Å². The highest BCUT2D eigenvalue weighted by atomic mass is 35.5. The SMILES string of the molecule is Cc1cc(OCc2ccc(OB(O)O)cc2)ccc1Cl. The van der Waals surface area contributed by atoms with Gasteiger partial charge in [-0.3, -0.25) is 0 Å². The molecule has 0 atom stereocenters. The summed E-state index contributed by atoms with van der Waals surface area (Å²) < 4.78 is 10.4. The molecule has 0 aliphatic heterocycles. The number of benzene rings is 2. The number of aryl methyl sites for hydroxylation is 1. The van der Waals surface area contributed by atoms with Gasteiger partial charge in [0.2, 0.25) is 0 Å². The summed E-state index contributed by atoms with van der Waals surface area (Å²) >= 11 is 5.95. The largest absolute Gasteiger partial charge is 0.707 e. The Morgan fingerprint density at radius 2 is 1.70 bits per heavy atom. The first-order valence-electron chi connectivity index (χ1n) is 6.05. The van der Waals surface area contributed by atoms with Gasteiger partial charge in [-0.15, -0.1) is 0 Å². The lowest BCUT2D eigenvalue weighted by atomic mass is 10.2. The number of ether oxygens (including phenoxy) is 1. The minimum atomic E-state index is -1.81. The molecular formula is C14H14BClO4. The van der Waals surface area contributed by atoms with E-state index in [2.05, 4.69) is 0 Å². The highest BCUT2D eigenvalue weighted by molar-refractivity contribution is 6.33. The van der Waals surface area contributed by atoms with Crippen molar-refractivity contribution in [2.24, 2.45) is 0 Å². The van der Waals surface area contributed by atoms with Crippen molar-refractivity contribution in [3.63, 3.8) is 0 Å². The Hall–Kier alpha value is -1.69. The maximum absolute atomic E-state index is 8.67. The zero-order chi connectivity index (χ0) is 14.5. The number of halogens is 1. The molecular weight excluding hydrogens is 278 g/mol. The summed E-state index contributed by atoms with van der Waals surface area (Å²) in [4.78, 5) is 0. The van der Waals surface area contributed by atoms with E-state index >= 15 is 0 Å². The van der Waals surface area contributed by atoms with Gasteiger partial charge >= 0.3 is 7.32 Å². The molecule has 0 heterocycles. The molecule has 0 bridgehead atoms. The van der Waals surface area contributed by atoms with Crippen LogP contribution >= 0.6 is 11.6 Å².